The predicted molar refractivity (Wildman–Crippen MR) is 115 cm³/mol. The van der Waals surface area contributed by atoms with Gasteiger partial charge in [0.1, 0.15) is 6.33 Å². The lowest BCUT2D eigenvalue weighted by Gasteiger charge is -2.26. The van der Waals surface area contributed by atoms with E-state index in [1.807, 2.05) is 16.7 Å². The zero-order chi connectivity index (χ0) is 22.2. The molecule has 11 heteroatoms. The van der Waals surface area contributed by atoms with Gasteiger partial charge in [0.15, 0.2) is 34.1 Å². The van der Waals surface area contributed by atoms with Crippen LogP contribution in [-0.4, -0.2) is 45.3 Å². The first-order chi connectivity index (χ1) is 14.7. The third-order valence-electron chi connectivity index (χ3n) is 4.56. The second-order valence-corrected chi connectivity index (χ2v) is 10.1. The fourth-order valence-electron chi connectivity index (χ4n) is 3.20. The Labute approximate surface area is 181 Å². The van der Waals surface area contributed by atoms with Crippen molar-refractivity contribution in [2.24, 2.45) is 11.3 Å². The Morgan fingerprint density at radius 2 is 2.03 bits per heavy atom. The lowest BCUT2D eigenvalue weighted by molar-refractivity contribution is -0.143. The maximum atomic E-state index is 11.0. The van der Waals surface area contributed by atoms with E-state index in [1.165, 1.54) is 13.3 Å². The second-order valence-electron chi connectivity index (χ2n) is 8.67. The topological polar surface area (TPSA) is 128 Å². The monoisotopic (exact) mass is 447 g/mol. The number of hydrogen-bond donors (Lipinski definition) is 1. The molecular weight excluding hydrogens is 421 g/mol. The molecule has 0 aromatic carbocycles. The molecule has 2 N–H and O–H groups in total. The standard InChI is InChI=1S/C20H26N5O5P/c1-12(26)27-7-13-8-28-31(29-9-13)15-6-5-14(30-15)18-24-16-17(21)22-11-23-19(16)25(18)10-20(2,3)4/h5-6,11,13H,7-10H2,1-4H3,(H2,21,22,23). The Bertz CT molecular complexity index is 1080. The van der Waals surface area contributed by atoms with Gasteiger partial charge in [-0.25, -0.2) is 15.0 Å². The predicted octanol–water partition coefficient (Wildman–Crippen LogP) is 2.88. The summed E-state index contributed by atoms with van der Waals surface area (Å²) in [5.41, 5.74) is 7.83. The molecule has 0 bridgehead atoms. The molecule has 10 nitrogen and oxygen atoms in total. The molecule has 1 fully saturated rings. The third kappa shape index (κ3) is 4.87. The molecule has 0 unspecified atom stereocenters. The molecule has 0 aliphatic carbocycles. The molecule has 1 aliphatic heterocycles. The van der Waals surface area contributed by atoms with E-state index >= 15 is 0 Å². The first kappa shape index (κ1) is 21.7. The number of carbonyl (C=O) groups excluding carboxylic acids is 1. The summed E-state index contributed by atoms with van der Waals surface area (Å²) in [6.07, 6.45) is 1.44. The molecule has 3 aromatic heterocycles. The highest BCUT2D eigenvalue weighted by Crippen LogP contribution is 2.43. The quantitative estimate of drug-likeness (QED) is 0.464. The molecule has 0 atom stereocenters. The molecule has 0 saturated carbocycles. The van der Waals surface area contributed by atoms with Crippen LogP contribution in [0.4, 0.5) is 5.82 Å². The minimum absolute atomic E-state index is 0.00890. The SMILES string of the molecule is CC(=O)OCC1COP(c2ccc(-c3nc4c(N)ncnc4n3CC(C)(C)C)o2)OC1. The minimum Gasteiger partial charge on any atom is -0.465 e. The second kappa shape index (κ2) is 8.53. The summed E-state index contributed by atoms with van der Waals surface area (Å²) < 4.78 is 24.8. The van der Waals surface area contributed by atoms with E-state index in [0.29, 0.717) is 53.8 Å². The lowest BCUT2D eigenvalue weighted by atomic mass is 9.97. The van der Waals surface area contributed by atoms with Gasteiger partial charge >= 0.3 is 5.97 Å². The number of furan rings is 1. The van der Waals surface area contributed by atoms with Gasteiger partial charge in [0.25, 0.3) is 0 Å². The van der Waals surface area contributed by atoms with Gasteiger partial charge in [0.2, 0.25) is 8.38 Å². The van der Waals surface area contributed by atoms with Gasteiger partial charge in [-0.3, -0.25) is 4.79 Å². The van der Waals surface area contributed by atoms with Gasteiger partial charge < -0.3 is 28.5 Å². The number of nitrogens with two attached hydrogens (primary N) is 1. The summed E-state index contributed by atoms with van der Waals surface area (Å²) in [5, 5.41) is 0. The van der Waals surface area contributed by atoms with Gasteiger partial charge in [-0.2, -0.15) is 0 Å². The Kier molecular flexibility index (Phi) is 5.96. The van der Waals surface area contributed by atoms with Crippen LogP contribution in [0.25, 0.3) is 22.7 Å². The van der Waals surface area contributed by atoms with Gasteiger partial charge in [0.05, 0.1) is 19.8 Å². The molecule has 31 heavy (non-hydrogen) atoms. The highest BCUT2D eigenvalue weighted by atomic mass is 31.2. The molecule has 0 amide bonds. The number of ether oxygens (including phenoxy) is 1. The molecule has 1 aliphatic rings. The molecular formula is C20H26N5O5P. The number of nitrogen functional groups attached to an aromatic ring is 1. The summed E-state index contributed by atoms with van der Waals surface area (Å²) in [6.45, 7) is 9.62. The fourth-order valence-corrected chi connectivity index (χ4v) is 4.59. The van der Waals surface area contributed by atoms with Gasteiger partial charge in [-0.1, -0.05) is 20.8 Å². The first-order valence-corrected chi connectivity index (χ1v) is 11.2. The zero-order valence-corrected chi connectivity index (χ0v) is 18.9. The number of nitrogens with zero attached hydrogens (tertiary/aromatic N) is 4. The highest BCUT2D eigenvalue weighted by Gasteiger charge is 2.29. The van der Waals surface area contributed by atoms with Crippen LogP contribution >= 0.6 is 8.38 Å². The fraction of sp³-hybridized carbons (Fsp3) is 0.500. The third-order valence-corrected chi connectivity index (χ3v) is 5.93. The van der Waals surface area contributed by atoms with Crippen molar-refractivity contribution in [3.8, 4) is 11.6 Å². The largest absolute Gasteiger partial charge is 0.465 e. The van der Waals surface area contributed by atoms with Crippen molar-refractivity contribution < 1.29 is 23.0 Å². The van der Waals surface area contributed by atoms with Gasteiger partial charge in [-0.15, -0.1) is 0 Å². The number of rotatable bonds is 5. The Morgan fingerprint density at radius 3 is 2.71 bits per heavy atom. The first-order valence-electron chi connectivity index (χ1n) is 9.97. The summed E-state index contributed by atoms with van der Waals surface area (Å²) in [5.74, 6) is 1.23. The van der Waals surface area contributed by atoms with Crippen LogP contribution in [0.5, 0.6) is 0 Å². The van der Waals surface area contributed by atoms with E-state index in [0.717, 1.165) is 0 Å². The average molecular weight is 447 g/mol. The van der Waals surface area contributed by atoms with E-state index in [9.17, 15) is 4.79 Å². The van der Waals surface area contributed by atoms with Crippen molar-refractivity contribution in [1.29, 1.82) is 0 Å². The van der Waals surface area contributed by atoms with E-state index in [2.05, 4.69) is 35.7 Å². The maximum absolute atomic E-state index is 11.0. The van der Waals surface area contributed by atoms with Crippen molar-refractivity contribution >= 4 is 36.8 Å². The molecule has 3 aromatic rings. The average Bonchev–Trinajstić information content (AvgIpc) is 3.32. The van der Waals surface area contributed by atoms with Crippen molar-refractivity contribution in [1.82, 2.24) is 19.5 Å². The number of aromatic nitrogens is 4. The van der Waals surface area contributed by atoms with E-state index in [-0.39, 0.29) is 23.9 Å². The van der Waals surface area contributed by atoms with Gasteiger partial charge in [-0.05, 0) is 17.5 Å². The number of esters is 1. The number of anilines is 1. The Hall–Kier alpha value is -2.55. The minimum atomic E-state index is -1.35. The summed E-state index contributed by atoms with van der Waals surface area (Å²) in [4.78, 5) is 24.1. The highest BCUT2D eigenvalue weighted by molar-refractivity contribution is 7.55. The van der Waals surface area contributed by atoms with Crippen LogP contribution in [-0.2, 0) is 25.1 Å². The van der Waals surface area contributed by atoms with Crippen LogP contribution < -0.4 is 11.2 Å². The van der Waals surface area contributed by atoms with Crippen molar-refractivity contribution in [2.45, 2.75) is 34.2 Å². The van der Waals surface area contributed by atoms with Crippen LogP contribution in [0.15, 0.2) is 22.9 Å². The normalized spacial score (nSPS) is 19.6. The van der Waals surface area contributed by atoms with Crippen molar-refractivity contribution in [2.75, 3.05) is 25.6 Å². The van der Waals surface area contributed by atoms with Crippen molar-refractivity contribution in [3.63, 3.8) is 0 Å². The van der Waals surface area contributed by atoms with E-state index < -0.39 is 8.38 Å². The number of carbonyl (C=O) groups is 1. The maximum Gasteiger partial charge on any atom is 0.302 e. The molecule has 4 rings (SSSR count). The smallest absolute Gasteiger partial charge is 0.302 e. The van der Waals surface area contributed by atoms with Crippen LogP contribution in [0.1, 0.15) is 27.7 Å². The lowest BCUT2D eigenvalue weighted by Crippen LogP contribution is -2.27. The van der Waals surface area contributed by atoms with Crippen LogP contribution in [0, 0.1) is 11.3 Å². The molecule has 1 saturated heterocycles. The number of fused-ring (bicyclic) bond motifs is 1. The molecule has 0 spiro atoms. The van der Waals surface area contributed by atoms with E-state index in [1.54, 1.807) is 0 Å². The number of imidazole rings is 1. The zero-order valence-electron chi connectivity index (χ0n) is 18.0. The van der Waals surface area contributed by atoms with Crippen LogP contribution in [0.2, 0.25) is 0 Å². The summed E-state index contributed by atoms with van der Waals surface area (Å²) in [6, 6.07) is 3.68. The van der Waals surface area contributed by atoms with Gasteiger partial charge in [0, 0.05) is 19.4 Å². The number of hydrogen-bond acceptors (Lipinski definition) is 9. The van der Waals surface area contributed by atoms with Crippen molar-refractivity contribution in [3.05, 3.63) is 18.5 Å². The Balaban J connectivity index is 1.57. The van der Waals surface area contributed by atoms with Crippen LogP contribution in [0.3, 0.4) is 0 Å². The summed E-state index contributed by atoms with van der Waals surface area (Å²) in [7, 11) is -1.35. The van der Waals surface area contributed by atoms with E-state index in [4.69, 9.17) is 23.9 Å². The molecule has 0 radical (unpaired) electrons. The Morgan fingerprint density at radius 1 is 1.29 bits per heavy atom. The summed E-state index contributed by atoms with van der Waals surface area (Å²) >= 11 is 0. The molecule has 166 valence electrons. The molecule has 4 heterocycles.